The summed E-state index contributed by atoms with van der Waals surface area (Å²) in [6, 6.07) is 8.83. The van der Waals surface area contributed by atoms with Crippen molar-refractivity contribution in [1.29, 1.82) is 0 Å². The van der Waals surface area contributed by atoms with Crippen LogP contribution in [0.1, 0.15) is 26.2 Å². The third-order valence-corrected chi connectivity index (χ3v) is 7.58. The van der Waals surface area contributed by atoms with Crippen LogP contribution in [0.2, 0.25) is 0 Å². The van der Waals surface area contributed by atoms with Crippen molar-refractivity contribution in [2.24, 2.45) is 5.92 Å². The Labute approximate surface area is 107 Å². The summed E-state index contributed by atoms with van der Waals surface area (Å²) in [7, 11) is -3.26. The first-order valence-corrected chi connectivity index (χ1v) is 7.96. The molecule has 4 atom stereocenters. The maximum atomic E-state index is 12.8. The minimum Gasteiger partial charge on any atom is -0.365 e. The fourth-order valence-corrected chi connectivity index (χ4v) is 6.30. The Balaban J connectivity index is 1.81. The van der Waals surface area contributed by atoms with Gasteiger partial charge in [0.2, 0.25) is 0 Å². The first-order chi connectivity index (χ1) is 8.51. The lowest BCUT2D eigenvalue weighted by Crippen LogP contribution is -2.38. The molecule has 0 radical (unpaired) electrons. The van der Waals surface area contributed by atoms with Gasteiger partial charge in [0.1, 0.15) is 10.9 Å². The maximum absolute atomic E-state index is 12.8. The minimum atomic E-state index is -3.26. The molecule has 3 aliphatic rings. The van der Waals surface area contributed by atoms with Crippen LogP contribution < -0.4 is 0 Å². The lowest BCUT2D eigenvalue weighted by atomic mass is 9.90. The average molecular weight is 264 g/mol. The standard InChI is InChI=1S/C14H16O3S/c1-13-8-7-10-9-14(10,12(13)17-13)18(15,16)11-5-3-2-4-6-11/h2-6,10,12H,7-9H2,1H3/t10-,12+,13+,14-/m0/s1. The molecule has 0 unspecified atom stereocenters. The molecule has 18 heavy (non-hydrogen) atoms. The molecule has 0 aromatic heterocycles. The van der Waals surface area contributed by atoms with Crippen LogP contribution in [0.25, 0.3) is 0 Å². The van der Waals surface area contributed by atoms with E-state index in [1.54, 1.807) is 24.3 Å². The predicted octanol–water partition coefficient (Wildman–Crippen LogP) is 2.17. The van der Waals surface area contributed by atoms with Gasteiger partial charge in [-0.3, -0.25) is 0 Å². The van der Waals surface area contributed by atoms with E-state index in [4.69, 9.17) is 4.74 Å². The monoisotopic (exact) mass is 264 g/mol. The van der Waals surface area contributed by atoms with Gasteiger partial charge in [0.25, 0.3) is 0 Å². The second-order valence-electron chi connectivity index (χ2n) is 6.02. The van der Waals surface area contributed by atoms with Crippen molar-refractivity contribution < 1.29 is 13.2 Å². The number of sulfone groups is 1. The summed E-state index contributed by atoms with van der Waals surface area (Å²) in [6.07, 6.45) is 2.70. The van der Waals surface area contributed by atoms with E-state index in [1.807, 2.05) is 6.07 Å². The van der Waals surface area contributed by atoms with Crippen molar-refractivity contribution in [3.05, 3.63) is 30.3 Å². The number of hydrogen-bond acceptors (Lipinski definition) is 3. The quantitative estimate of drug-likeness (QED) is 0.769. The zero-order valence-electron chi connectivity index (χ0n) is 10.3. The molecule has 96 valence electrons. The molecule has 1 saturated heterocycles. The number of epoxide rings is 1. The number of rotatable bonds is 2. The molecule has 1 heterocycles. The van der Waals surface area contributed by atoms with Gasteiger partial charge in [-0.05, 0) is 44.2 Å². The molecule has 0 bridgehead atoms. The topological polar surface area (TPSA) is 46.7 Å². The largest absolute Gasteiger partial charge is 0.365 e. The van der Waals surface area contributed by atoms with Crippen LogP contribution in [-0.2, 0) is 14.6 Å². The van der Waals surface area contributed by atoms with E-state index in [1.165, 1.54) is 0 Å². The lowest BCUT2D eigenvalue weighted by molar-refractivity contribution is 0.298. The van der Waals surface area contributed by atoms with Crippen molar-refractivity contribution in [1.82, 2.24) is 0 Å². The van der Waals surface area contributed by atoms with Gasteiger partial charge in [-0.2, -0.15) is 0 Å². The lowest BCUT2D eigenvalue weighted by Gasteiger charge is -2.22. The van der Waals surface area contributed by atoms with Crippen molar-refractivity contribution >= 4 is 9.84 Å². The first-order valence-electron chi connectivity index (χ1n) is 6.48. The van der Waals surface area contributed by atoms with Crippen LogP contribution in [0.15, 0.2) is 35.2 Å². The molecular weight excluding hydrogens is 248 g/mol. The maximum Gasteiger partial charge on any atom is 0.187 e. The normalized spacial score (nSPS) is 44.9. The van der Waals surface area contributed by atoms with Crippen LogP contribution in [0, 0.1) is 5.92 Å². The van der Waals surface area contributed by atoms with Crippen molar-refractivity contribution in [3.8, 4) is 0 Å². The Morgan fingerprint density at radius 1 is 1.28 bits per heavy atom. The summed E-state index contributed by atoms with van der Waals surface area (Å²) in [6.45, 7) is 2.05. The number of benzene rings is 1. The highest BCUT2D eigenvalue weighted by molar-refractivity contribution is 7.93. The van der Waals surface area contributed by atoms with Crippen LogP contribution >= 0.6 is 0 Å². The van der Waals surface area contributed by atoms with Gasteiger partial charge in [-0.1, -0.05) is 18.2 Å². The summed E-state index contributed by atoms with van der Waals surface area (Å²) in [5.41, 5.74) is -0.172. The molecule has 3 fully saturated rings. The van der Waals surface area contributed by atoms with Crippen LogP contribution in [0.5, 0.6) is 0 Å². The van der Waals surface area contributed by atoms with E-state index in [2.05, 4.69) is 6.92 Å². The Hall–Kier alpha value is -0.870. The molecule has 1 aromatic rings. The second-order valence-corrected chi connectivity index (χ2v) is 8.26. The molecule has 0 N–H and O–H groups in total. The van der Waals surface area contributed by atoms with E-state index in [9.17, 15) is 8.42 Å². The van der Waals surface area contributed by atoms with Gasteiger partial charge in [-0.25, -0.2) is 8.42 Å². The molecule has 4 rings (SSSR count). The summed E-state index contributed by atoms with van der Waals surface area (Å²) < 4.78 is 30.8. The Morgan fingerprint density at radius 3 is 2.72 bits per heavy atom. The molecule has 4 heteroatoms. The molecule has 3 nitrogen and oxygen atoms in total. The zero-order valence-corrected chi connectivity index (χ0v) is 11.1. The molecule has 0 spiro atoms. The van der Waals surface area contributed by atoms with Crippen LogP contribution in [0.3, 0.4) is 0 Å². The summed E-state index contributed by atoms with van der Waals surface area (Å²) >= 11 is 0. The van der Waals surface area contributed by atoms with Gasteiger partial charge in [0, 0.05) is 0 Å². The SMILES string of the molecule is C[C@@]12CC[C@H]3C[C@@]3(S(=O)(=O)c3ccccc3)[C@@H]1O2. The molecule has 2 aliphatic carbocycles. The van der Waals surface area contributed by atoms with Gasteiger partial charge in [0.05, 0.1) is 10.5 Å². The summed E-state index contributed by atoms with van der Waals surface area (Å²) in [5, 5.41) is 0. The van der Waals surface area contributed by atoms with Gasteiger partial charge < -0.3 is 4.74 Å². The number of fused-ring (bicyclic) bond motifs is 3. The fourth-order valence-electron chi connectivity index (χ4n) is 3.79. The smallest absolute Gasteiger partial charge is 0.187 e. The third kappa shape index (κ3) is 1.11. The highest BCUT2D eigenvalue weighted by Gasteiger charge is 2.80. The molecule has 1 aromatic carbocycles. The van der Waals surface area contributed by atoms with Gasteiger partial charge >= 0.3 is 0 Å². The van der Waals surface area contributed by atoms with Crippen molar-refractivity contribution in [3.63, 3.8) is 0 Å². The number of hydrogen-bond donors (Lipinski definition) is 0. The predicted molar refractivity (Wildman–Crippen MR) is 67.0 cm³/mol. The van der Waals surface area contributed by atoms with Crippen LogP contribution in [0.4, 0.5) is 0 Å². The van der Waals surface area contributed by atoms with Crippen LogP contribution in [-0.4, -0.2) is 24.9 Å². The van der Waals surface area contributed by atoms with E-state index in [0.29, 0.717) is 10.8 Å². The molecular formula is C14H16O3S. The van der Waals surface area contributed by atoms with E-state index in [-0.39, 0.29) is 11.7 Å². The van der Waals surface area contributed by atoms with Crippen molar-refractivity contribution in [2.45, 2.75) is 47.5 Å². The third-order valence-electron chi connectivity index (χ3n) is 4.97. The van der Waals surface area contributed by atoms with Crippen molar-refractivity contribution in [2.75, 3.05) is 0 Å². The Bertz CT molecular complexity index is 609. The summed E-state index contributed by atoms with van der Waals surface area (Å²) in [5.74, 6) is 0.309. The second kappa shape index (κ2) is 2.99. The molecule has 1 aliphatic heterocycles. The van der Waals surface area contributed by atoms with E-state index >= 15 is 0 Å². The van der Waals surface area contributed by atoms with E-state index < -0.39 is 14.6 Å². The fraction of sp³-hybridized carbons (Fsp3) is 0.571. The molecule has 2 saturated carbocycles. The first kappa shape index (κ1) is 11.0. The Kier molecular flexibility index (Phi) is 1.83. The highest BCUT2D eigenvalue weighted by Crippen LogP contribution is 2.70. The minimum absolute atomic E-state index is 0.0750. The zero-order chi connectivity index (χ0) is 12.6. The highest BCUT2D eigenvalue weighted by atomic mass is 32.2. The van der Waals surface area contributed by atoms with Gasteiger partial charge in [0.15, 0.2) is 9.84 Å². The summed E-state index contributed by atoms with van der Waals surface area (Å²) in [4.78, 5) is 0.451. The molecule has 0 amide bonds. The average Bonchev–Trinajstić information content (AvgIpc) is 3.21. The Morgan fingerprint density at radius 2 is 2.00 bits per heavy atom. The van der Waals surface area contributed by atoms with Gasteiger partial charge in [-0.15, -0.1) is 0 Å². The van der Waals surface area contributed by atoms with E-state index in [0.717, 1.165) is 19.3 Å². The number of ether oxygens (including phenoxy) is 1.